The number of hydrogen-bond acceptors (Lipinski definition) is 6. The minimum atomic E-state index is -3.08. The van der Waals surface area contributed by atoms with Crippen LogP contribution in [0.15, 0.2) is 42.5 Å². The van der Waals surface area contributed by atoms with E-state index in [0.29, 0.717) is 18.3 Å². The van der Waals surface area contributed by atoms with Gasteiger partial charge in [0, 0.05) is 18.4 Å². The molecule has 1 N–H and O–H groups in total. The van der Waals surface area contributed by atoms with Gasteiger partial charge in [-0.05, 0) is 79.6 Å². The second-order valence-corrected chi connectivity index (χ2v) is 13.6. The van der Waals surface area contributed by atoms with Crippen molar-refractivity contribution in [1.82, 2.24) is 0 Å². The Bertz CT molecular complexity index is 807. The number of benzene rings is 1. The van der Waals surface area contributed by atoms with E-state index < -0.39 is 8.87 Å². The number of aliphatic hydroxyl groups is 1. The second kappa shape index (κ2) is 15.6. The summed E-state index contributed by atoms with van der Waals surface area (Å²) >= 11 is 0. The smallest absolute Gasteiger partial charge is 0.305 e. The predicted octanol–water partition coefficient (Wildman–Crippen LogP) is 5.53. The van der Waals surface area contributed by atoms with Crippen LogP contribution in [-0.4, -0.2) is 44.2 Å². The highest BCUT2D eigenvalue weighted by Crippen LogP contribution is 2.37. The van der Waals surface area contributed by atoms with Crippen molar-refractivity contribution in [3.05, 3.63) is 48.0 Å². The van der Waals surface area contributed by atoms with Crippen molar-refractivity contribution in [2.75, 3.05) is 18.6 Å². The zero-order valence-electron chi connectivity index (χ0n) is 19.9. The van der Waals surface area contributed by atoms with E-state index in [-0.39, 0.29) is 24.4 Å². The molecule has 0 bridgehead atoms. The van der Waals surface area contributed by atoms with Crippen LogP contribution >= 0.6 is 10.8 Å². The molecule has 1 aromatic carbocycles. The van der Waals surface area contributed by atoms with E-state index in [1.54, 1.807) is 0 Å². The average Bonchev–Trinajstić information content (AvgIpc) is 3.23. The van der Waals surface area contributed by atoms with Gasteiger partial charge in [-0.3, -0.25) is 4.79 Å². The van der Waals surface area contributed by atoms with Crippen LogP contribution in [0.3, 0.4) is 0 Å². The van der Waals surface area contributed by atoms with Gasteiger partial charge in [0.1, 0.15) is 6.61 Å². The molecule has 0 saturated heterocycles. The molecule has 1 aliphatic rings. The molecule has 0 amide bonds. The molecule has 1 aliphatic carbocycles. The summed E-state index contributed by atoms with van der Waals surface area (Å²) in [5.74, 6) is 1.43. The largest absolute Gasteiger partial charge is 0.465 e. The quantitative estimate of drug-likeness (QED) is 0.140. The molecule has 186 valence electrons. The number of aliphatic hydroxyl groups excluding tert-OH is 1. The Hall–Kier alpha value is -1.31. The number of aryl methyl sites for hydroxylation is 1. The molecule has 0 radical (unpaired) electrons. The number of unbranched alkanes of at least 4 members (excludes halogenated alkanes) is 1. The molecule has 3 atom stereocenters. The van der Waals surface area contributed by atoms with Crippen LogP contribution in [0.2, 0.25) is 0 Å². The van der Waals surface area contributed by atoms with E-state index in [0.717, 1.165) is 62.0 Å². The molecule has 0 aromatic heterocycles. The van der Waals surface area contributed by atoms with E-state index >= 15 is 0 Å². The third-order valence-corrected chi connectivity index (χ3v) is 8.84. The van der Waals surface area contributed by atoms with Crippen molar-refractivity contribution < 1.29 is 23.1 Å². The van der Waals surface area contributed by atoms with Gasteiger partial charge in [-0.1, -0.05) is 55.3 Å². The molecule has 5 nitrogen and oxygen atoms in total. The molecule has 1 saturated carbocycles. The summed E-state index contributed by atoms with van der Waals surface area (Å²) in [7, 11) is -2.28. The monoisotopic (exact) mass is 496 g/mol. The zero-order valence-corrected chi connectivity index (χ0v) is 21.5. The van der Waals surface area contributed by atoms with Crippen molar-refractivity contribution in [3.63, 3.8) is 0 Å². The molecule has 1 fully saturated rings. The van der Waals surface area contributed by atoms with Crippen LogP contribution in [0.4, 0.5) is 0 Å². The highest BCUT2D eigenvalue weighted by molar-refractivity contribution is 8.71. The average molecular weight is 497 g/mol. The van der Waals surface area contributed by atoms with Crippen molar-refractivity contribution in [1.29, 1.82) is 0 Å². The van der Waals surface area contributed by atoms with Crippen LogP contribution in [0.5, 0.6) is 0 Å². The first-order chi connectivity index (χ1) is 15.8. The van der Waals surface area contributed by atoms with Crippen molar-refractivity contribution in [2.24, 2.45) is 11.8 Å². The number of ether oxygens (including phenoxy) is 1. The van der Waals surface area contributed by atoms with Crippen LogP contribution in [-0.2, 0) is 24.8 Å². The van der Waals surface area contributed by atoms with Crippen molar-refractivity contribution >= 4 is 25.6 Å². The van der Waals surface area contributed by atoms with E-state index in [1.165, 1.54) is 24.8 Å². The summed E-state index contributed by atoms with van der Waals surface area (Å²) in [5.41, 5.74) is 1.29. The number of carbonyl (C=O) groups excluding carboxylic acids is 1. The lowest BCUT2D eigenvalue weighted by molar-refractivity contribution is -0.143. The summed E-state index contributed by atoms with van der Waals surface area (Å²) in [4.78, 5) is 11.7. The van der Waals surface area contributed by atoms with E-state index in [2.05, 4.69) is 24.3 Å². The Morgan fingerprint density at radius 2 is 1.94 bits per heavy atom. The summed E-state index contributed by atoms with van der Waals surface area (Å²) in [6.07, 6.45) is 16.0. The summed E-state index contributed by atoms with van der Waals surface area (Å²) < 4.78 is 27.1. The number of esters is 1. The Morgan fingerprint density at radius 1 is 1.18 bits per heavy atom. The minimum Gasteiger partial charge on any atom is -0.465 e. The maximum atomic E-state index is 11.7. The van der Waals surface area contributed by atoms with E-state index in [1.807, 2.05) is 18.2 Å². The summed E-state index contributed by atoms with van der Waals surface area (Å²) in [5, 5.41) is 10.4. The van der Waals surface area contributed by atoms with Gasteiger partial charge in [0.25, 0.3) is 0 Å². The first-order valence-corrected chi connectivity index (χ1v) is 15.6. The molecule has 7 heteroatoms. The van der Waals surface area contributed by atoms with Crippen LogP contribution in [0.1, 0.15) is 69.8 Å². The predicted molar refractivity (Wildman–Crippen MR) is 137 cm³/mol. The fourth-order valence-electron chi connectivity index (χ4n) is 4.50. The standard InChI is InChI=1S/C26H40O5S2/c1-33(29,30)32-21-20-31-26(28)15-8-3-2-7-12-23-13-9-14-24(23)17-19-25(27)18-16-22-10-5-4-6-11-22/h2,4-7,10-11,23-25,27H,3,8-9,12-21H2,1H3/b7-2+/t23-,24?,25-/m0/s1. The summed E-state index contributed by atoms with van der Waals surface area (Å²) in [6, 6.07) is 10.4. The molecule has 0 spiro atoms. The first-order valence-electron chi connectivity index (χ1n) is 12.2. The molecule has 0 aliphatic heterocycles. The lowest BCUT2D eigenvalue weighted by atomic mass is 9.87. The topological polar surface area (TPSA) is 80.7 Å². The third kappa shape index (κ3) is 13.2. The molecule has 1 unspecified atom stereocenters. The first kappa shape index (κ1) is 27.9. The van der Waals surface area contributed by atoms with Gasteiger partial charge in [0.2, 0.25) is 0 Å². The summed E-state index contributed by atoms with van der Waals surface area (Å²) in [6.45, 7) is 0.135. The molecular formula is C26H40O5S2. The number of carbonyl (C=O) groups is 1. The van der Waals surface area contributed by atoms with Gasteiger partial charge in [-0.25, -0.2) is 8.42 Å². The lowest BCUT2D eigenvalue weighted by Crippen LogP contribution is -2.13. The Morgan fingerprint density at radius 3 is 2.70 bits per heavy atom. The fourth-order valence-corrected chi connectivity index (χ4v) is 6.07. The number of hydrogen-bond donors (Lipinski definition) is 1. The minimum absolute atomic E-state index is 0.135. The SMILES string of the molecule is CS(=O)(=O)SCCOC(=O)CCC/C=C/C[C@H]1CCCC1CC[C@@H](O)CCc1ccccc1. The van der Waals surface area contributed by atoms with Gasteiger partial charge in [-0.15, -0.1) is 0 Å². The van der Waals surface area contributed by atoms with E-state index in [9.17, 15) is 18.3 Å². The van der Waals surface area contributed by atoms with Crippen LogP contribution in [0, 0.1) is 11.8 Å². The number of allylic oxidation sites excluding steroid dienone is 2. The molecule has 1 aromatic rings. The maximum Gasteiger partial charge on any atom is 0.305 e. The Kier molecular flexibility index (Phi) is 13.2. The van der Waals surface area contributed by atoms with Gasteiger partial charge in [-0.2, -0.15) is 0 Å². The van der Waals surface area contributed by atoms with Crippen molar-refractivity contribution in [3.8, 4) is 0 Å². The van der Waals surface area contributed by atoms with Gasteiger partial charge in [0.05, 0.1) is 6.10 Å². The Balaban J connectivity index is 1.53. The lowest BCUT2D eigenvalue weighted by Gasteiger charge is -2.20. The molecule has 0 heterocycles. The number of rotatable bonds is 16. The maximum absolute atomic E-state index is 11.7. The van der Waals surface area contributed by atoms with Gasteiger partial charge < -0.3 is 9.84 Å². The van der Waals surface area contributed by atoms with Crippen LogP contribution < -0.4 is 0 Å². The normalized spacial score (nSPS) is 19.7. The van der Waals surface area contributed by atoms with Crippen molar-refractivity contribution in [2.45, 2.75) is 76.7 Å². The molecular weight excluding hydrogens is 456 g/mol. The highest BCUT2D eigenvalue weighted by atomic mass is 33.1. The fraction of sp³-hybridized carbons (Fsp3) is 0.654. The van der Waals surface area contributed by atoms with E-state index in [4.69, 9.17) is 4.74 Å². The molecule has 2 rings (SSSR count). The second-order valence-electron chi connectivity index (χ2n) is 9.05. The van der Waals surface area contributed by atoms with Crippen LogP contribution in [0.25, 0.3) is 0 Å². The third-order valence-electron chi connectivity index (χ3n) is 6.30. The van der Waals surface area contributed by atoms with Gasteiger partial charge in [0.15, 0.2) is 8.87 Å². The molecule has 33 heavy (non-hydrogen) atoms. The Labute approximate surface area is 203 Å². The zero-order chi connectivity index (χ0) is 23.9. The van der Waals surface area contributed by atoms with Gasteiger partial charge >= 0.3 is 5.97 Å². The highest BCUT2D eigenvalue weighted by Gasteiger charge is 2.26.